The summed E-state index contributed by atoms with van der Waals surface area (Å²) in [6, 6.07) is 5.45. The summed E-state index contributed by atoms with van der Waals surface area (Å²) in [7, 11) is 1.60. The van der Waals surface area contributed by atoms with Crippen LogP contribution in [0.4, 0.5) is 0 Å². The molecule has 3 heteroatoms. The van der Waals surface area contributed by atoms with Gasteiger partial charge < -0.3 is 5.32 Å². The zero-order valence-corrected chi connectivity index (χ0v) is 10.3. The Hall–Kier alpha value is -1.28. The van der Waals surface area contributed by atoms with Crippen LogP contribution in [0.1, 0.15) is 35.7 Å². The normalized spacial score (nSPS) is 10.7. The van der Waals surface area contributed by atoms with Gasteiger partial charge in [-0.3, -0.25) is 4.79 Å². The van der Waals surface area contributed by atoms with E-state index in [1.807, 2.05) is 12.1 Å². The molecule has 1 aromatic rings. The van der Waals surface area contributed by atoms with E-state index in [0.717, 1.165) is 18.4 Å². The maximum Gasteiger partial charge on any atom is 0.252 e. The maximum atomic E-state index is 11.5. The Balaban J connectivity index is 2.93. The molecule has 0 aliphatic heterocycles. The lowest BCUT2D eigenvalue weighted by molar-refractivity contribution is 0.0963. The Morgan fingerprint density at radius 1 is 1.50 bits per heavy atom. The van der Waals surface area contributed by atoms with Crippen molar-refractivity contribution in [1.29, 1.82) is 0 Å². The maximum absolute atomic E-state index is 11.5. The number of rotatable bonds is 4. The summed E-state index contributed by atoms with van der Waals surface area (Å²) in [5, 5.41) is 3.05. The molecule has 86 valence electrons. The van der Waals surface area contributed by atoms with Crippen LogP contribution in [0.15, 0.2) is 24.3 Å². The van der Waals surface area contributed by atoms with Crippen molar-refractivity contribution in [1.82, 2.24) is 5.32 Å². The van der Waals surface area contributed by atoms with Crippen LogP contribution < -0.4 is 5.32 Å². The first kappa shape index (κ1) is 12.8. The average molecular weight is 238 g/mol. The van der Waals surface area contributed by atoms with Gasteiger partial charge in [0.25, 0.3) is 5.91 Å². The number of benzene rings is 1. The zero-order valence-electron chi connectivity index (χ0n) is 9.59. The van der Waals surface area contributed by atoms with E-state index in [9.17, 15) is 4.79 Å². The number of unbranched alkanes of at least 4 members (excludes halogenated alkanes) is 1. The lowest BCUT2D eigenvalue weighted by Gasteiger charge is -2.03. The number of hydrogen-bond donors (Lipinski definition) is 1. The van der Waals surface area contributed by atoms with E-state index < -0.39 is 0 Å². The molecule has 16 heavy (non-hydrogen) atoms. The van der Waals surface area contributed by atoms with Gasteiger partial charge in [-0.15, -0.1) is 0 Å². The van der Waals surface area contributed by atoms with Crippen LogP contribution in [0.5, 0.6) is 0 Å². The average Bonchev–Trinajstić information content (AvgIpc) is 2.30. The summed E-state index contributed by atoms with van der Waals surface area (Å²) in [5.74, 6) is -0.157. The van der Waals surface area contributed by atoms with Crippen LogP contribution in [0.2, 0.25) is 5.02 Å². The number of carbonyl (C=O) groups excluding carboxylic acids is 1. The molecule has 1 rings (SSSR count). The fraction of sp³-hybridized carbons (Fsp3) is 0.308. The van der Waals surface area contributed by atoms with E-state index in [1.54, 1.807) is 19.2 Å². The smallest absolute Gasteiger partial charge is 0.252 e. The molecule has 1 aromatic carbocycles. The quantitative estimate of drug-likeness (QED) is 0.853. The minimum Gasteiger partial charge on any atom is -0.355 e. The standard InChI is InChI=1S/C13H16ClNO/c1-3-4-5-6-10-7-8-12(14)11(9-10)13(16)15-2/h5-9H,3-4H2,1-2H3,(H,15,16). The summed E-state index contributed by atoms with van der Waals surface area (Å²) in [6.45, 7) is 2.13. The predicted octanol–water partition coefficient (Wildman–Crippen LogP) is 3.51. The van der Waals surface area contributed by atoms with Gasteiger partial charge in [0.1, 0.15) is 0 Å². The summed E-state index contributed by atoms with van der Waals surface area (Å²) in [6.07, 6.45) is 6.26. The summed E-state index contributed by atoms with van der Waals surface area (Å²) in [5.41, 5.74) is 1.51. The van der Waals surface area contributed by atoms with Crippen molar-refractivity contribution in [2.45, 2.75) is 19.8 Å². The van der Waals surface area contributed by atoms with E-state index in [2.05, 4.69) is 18.3 Å². The van der Waals surface area contributed by atoms with Gasteiger partial charge in [-0.25, -0.2) is 0 Å². The highest BCUT2D eigenvalue weighted by Gasteiger charge is 2.08. The van der Waals surface area contributed by atoms with Gasteiger partial charge in [0.05, 0.1) is 10.6 Å². The van der Waals surface area contributed by atoms with Gasteiger partial charge in [0, 0.05) is 7.05 Å². The fourth-order valence-electron chi connectivity index (χ4n) is 1.34. The number of halogens is 1. The van der Waals surface area contributed by atoms with Crippen LogP contribution in [0.3, 0.4) is 0 Å². The molecule has 0 fully saturated rings. The number of hydrogen-bond acceptors (Lipinski definition) is 1. The zero-order chi connectivity index (χ0) is 12.0. The van der Waals surface area contributed by atoms with Crippen LogP contribution in [-0.4, -0.2) is 13.0 Å². The molecule has 0 aliphatic rings. The third-order valence-electron chi connectivity index (χ3n) is 2.23. The molecule has 0 heterocycles. The Labute approximate surface area is 101 Å². The molecule has 1 amide bonds. The van der Waals surface area contributed by atoms with Crippen molar-refractivity contribution in [2.75, 3.05) is 7.05 Å². The van der Waals surface area contributed by atoms with Gasteiger partial charge in [0.2, 0.25) is 0 Å². The molecule has 2 nitrogen and oxygen atoms in total. The second-order valence-electron chi connectivity index (χ2n) is 3.51. The Morgan fingerprint density at radius 2 is 2.25 bits per heavy atom. The van der Waals surface area contributed by atoms with Gasteiger partial charge >= 0.3 is 0 Å². The molecule has 0 radical (unpaired) electrons. The lowest BCUT2D eigenvalue weighted by atomic mass is 10.1. The summed E-state index contributed by atoms with van der Waals surface area (Å²) < 4.78 is 0. The van der Waals surface area contributed by atoms with Crippen molar-refractivity contribution in [2.24, 2.45) is 0 Å². The van der Waals surface area contributed by atoms with E-state index in [0.29, 0.717) is 10.6 Å². The van der Waals surface area contributed by atoms with E-state index in [1.165, 1.54) is 0 Å². The second kappa shape index (κ2) is 6.33. The van der Waals surface area contributed by atoms with E-state index in [4.69, 9.17) is 11.6 Å². The molecule has 0 unspecified atom stereocenters. The fourth-order valence-corrected chi connectivity index (χ4v) is 1.54. The van der Waals surface area contributed by atoms with E-state index in [-0.39, 0.29) is 5.91 Å². The molecule has 0 aliphatic carbocycles. The van der Waals surface area contributed by atoms with Gasteiger partial charge in [-0.05, 0) is 24.1 Å². The van der Waals surface area contributed by atoms with Crippen molar-refractivity contribution in [3.63, 3.8) is 0 Å². The third-order valence-corrected chi connectivity index (χ3v) is 2.56. The van der Waals surface area contributed by atoms with Gasteiger partial charge in [-0.2, -0.15) is 0 Å². The second-order valence-corrected chi connectivity index (χ2v) is 3.92. The van der Waals surface area contributed by atoms with Crippen molar-refractivity contribution >= 4 is 23.6 Å². The number of carbonyl (C=O) groups is 1. The molecular formula is C13H16ClNO. The number of amides is 1. The van der Waals surface area contributed by atoms with Crippen LogP contribution in [-0.2, 0) is 0 Å². The van der Waals surface area contributed by atoms with Crippen molar-refractivity contribution in [3.05, 3.63) is 40.4 Å². The van der Waals surface area contributed by atoms with Crippen LogP contribution in [0.25, 0.3) is 6.08 Å². The molecule has 0 aromatic heterocycles. The lowest BCUT2D eigenvalue weighted by Crippen LogP contribution is -2.18. The third kappa shape index (κ3) is 3.38. The van der Waals surface area contributed by atoms with Gasteiger partial charge in [-0.1, -0.05) is 43.2 Å². The van der Waals surface area contributed by atoms with Gasteiger partial charge in [0.15, 0.2) is 0 Å². The molecule has 0 spiro atoms. The van der Waals surface area contributed by atoms with Crippen molar-refractivity contribution < 1.29 is 4.79 Å². The highest BCUT2D eigenvalue weighted by atomic mass is 35.5. The minimum absolute atomic E-state index is 0.157. The minimum atomic E-state index is -0.157. The SMILES string of the molecule is CCCC=Cc1ccc(Cl)c(C(=O)NC)c1. The highest BCUT2D eigenvalue weighted by molar-refractivity contribution is 6.33. The Morgan fingerprint density at radius 3 is 2.88 bits per heavy atom. The largest absolute Gasteiger partial charge is 0.355 e. The van der Waals surface area contributed by atoms with Crippen molar-refractivity contribution in [3.8, 4) is 0 Å². The molecule has 0 bridgehead atoms. The predicted molar refractivity (Wildman–Crippen MR) is 68.8 cm³/mol. The Bertz CT molecular complexity index is 399. The number of allylic oxidation sites excluding steroid dienone is 1. The topological polar surface area (TPSA) is 29.1 Å². The first-order chi connectivity index (χ1) is 7.69. The first-order valence-electron chi connectivity index (χ1n) is 5.37. The van der Waals surface area contributed by atoms with E-state index >= 15 is 0 Å². The molecule has 0 saturated carbocycles. The number of nitrogens with one attached hydrogen (secondary N) is 1. The summed E-state index contributed by atoms with van der Waals surface area (Å²) in [4.78, 5) is 11.5. The summed E-state index contributed by atoms with van der Waals surface area (Å²) >= 11 is 5.95. The Kier molecular flexibility index (Phi) is 5.06. The first-order valence-corrected chi connectivity index (χ1v) is 5.75. The molecular weight excluding hydrogens is 222 g/mol. The molecule has 1 N–H and O–H groups in total. The van der Waals surface area contributed by atoms with Crippen LogP contribution in [0, 0.1) is 0 Å². The van der Waals surface area contributed by atoms with Crippen LogP contribution >= 0.6 is 11.6 Å². The molecule has 0 atom stereocenters. The monoisotopic (exact) mass is 237 g/mol. The highest BCUT2D eigenvalue weighted by Crippen LogP contribution is 2.18. The molecule has 0 saturated heterocycles.